The second kappa shape index (κ2) is 5.86. The van der Waals surface area contributed by atoms with Crippen molar-refractivity contribution in [2.45, 2.75) is 46.1 Å². The van der Waals surface area contributed by atoms with Gasteiger partial charge in [-0.15, -0.1) is 0 Å². The van der Waals surface area contributed by atoms with Crippen LogP contribution in [0.1, 0.15) is 44.7 Å². The molecule has 2 fully saturated rings. The second-order valence-corrected chi connectivity index (χ2v) is 7.84. The molecule has 2 aromatic rings. The Morgan fingerprint density at radius 1 is 1.27 bits per heavy atom. The number of hydrogen-bond donors (Lipinski definition) is 1. The Kier molecular flexibility index (Phi) is 3.86. The number of aryl methyl sites for hydroxylation is 1. The number of anilines is 1. The molecule has 0 spiro atoms. The Bertz CT molecular complexity index is 1010. The van der Waals surface area contributed by atoms with Gasteiger partial charge in [-0.25, -0.2) is 9.18 Å². The molecule has 0 radical (unpaired) electrons. The van der Waals surface area contributed by atoms with Gasteiger partial charge in [0.05, 0.1) is 16.6 Å². The lowest BCUT2D eigenvalue weighted by Gasteiger charge is -2.24. The number of nitrogens with two attached hydrogens (primary N) is 1. The van der Waals surface area contributed by atoms with Crippen molar-refractivity contribution < 1.29 is 4.39 Å². The van der Waals surface area contributed by atoms with Crippen LogP contribution in [0.25, 0.3) is 10.9 Å². The van der Waals surface area contributed by atoms with Crippen molar-refractivity contribution in [3.05, 3.63) is 38.3 Å². The highest BCUT2D eigenvalue weighted by Gasteiger charge is 2.34. The van der Waals surface area contributed by atoms with Crippen LogP contribution >= 0.6 is 0 Å². The first-order chi connectivity index (χ1) is 12.3. The lowest BCUT2D eigenvalue weighted by molar-refractivity contribution is 0.440. The molecule has 2 aliphatic rings. The first-order valence-electron chi connectivity index (χ1n) is 9.35. The zero-order valence-corrected chi connectivity index (χ0v) is 15.5. The highest BCUT2D eigenvalue weighted by atomic mass is 19.1. The zero-order valence-electron chi connectivity index (χ0n) is 15.5. The van der Waals surface area contributed by atoms with E-state index in [2.05, 4.69) is 18.7 Å². The Balaban J connectivity index is 2.00. The molecule has 0 amide bonds. The van der Waals surface area contributed by atoms with Crippen LogP contribution < -0.4 is 22.0 Å². The van der Waals surface area contributed by atoms with Gasteiger partial charge in [-0.05, 0) is 37.7 Å². The Morgan fingerprint density at radius 3 is 2.54 bits per heavy atom. The molecule has 1 aromatic carbocycles. The van der Waals surface area contributed by atoms with Crippen molar-refractivity contribution in [2.75, 3.05) is 23.8 Å². The molecule has 2 atom stereocenters. The summed E-state index contributed by atoms with van der Waals surface area (Å²) in [7, 11) is 0. The van der Waals surface area contributed by atoms with E-state index in [0.717, 1.165) is 32.4 Å². The number of fused-ring (bicyclic) bond motifs is 1. The van der Waals surface area contributed by atoms with Gasteiger partial charge in [0, 0.05) is 24.7 Å². The van der Waals surface area contributed by atoms with Crippen LogP contribution in [0, 0.1) is 24.6 Å². The van der Waals surface area contributed by atoms with E-state index in [-0.39, 0.29) is 11.4 Å². The van der Waals surface area contributed by atoms with Gasteiger partial charge in [-0.1, -0.05) is 20.3 Å². The molecule has 26 heavy (non-hydrogen) atoms. The Hall–Kier alpha value is -2.31. The van der Waals surface area contributed by atoms with Crippen LogP contribution in [0.4, 0.5) is 10.1 Å². The summed E-state index contributed by atoms with van der Waals surface area (Å²) in [6.07, 6.45) is 2.80. The lowest BCUT2D eigenvalue weighted by Crippen LogP contribution is -2.44. The maximum Gasteiger partial charge on any atom is 0.350 e. The fourth-order valence-electron chi connectivity index (χ4n) is 4.47. The molecule has 140 valence electrons. The van der Waals surface area contributed by atoms with Crippen LogP contribution in [-0.4, -0.2) is 22.3 Å². The van der Waals surface area contributed by atoms with E-state index in [9.17, 15) is 9.59 Å². The molecule has 4 rings (SSSR count). The topological polar surface area (TPSA) is 73.3 Å². The molecule has 6 nitrogen and oxygen atoms in total. The van der Waals surface area contributed by atoms with Gasteiger partial charge in [0.15, 0.2) is 0 Å². The summed E-state index contributed by atoms with van der Waals surface area (Å²) in [5.41, 5.74) is 0.547. The molecule has 2 unspecified atom stereocenters. The molecule has 2 N–H and O–H groups in total. The quantitative estimate of drug-likeness (QED) is 0.851. The van der Waals surface area contributed by atoms with E-state index >= 15 is 4.39 Å². The van der Waals surface area contributed by atoms with E-state index in [1.807, 2.05) is 6.92 Å². The van der Waals surface area contributed by atoms with Crippen molar-refractivity contribution in [1.82, 2.24) is 9.24 Å². The van der Waals surface area contributed by atoms with Crippen LogP contribution in [0.5, 0.6) is 0 Å². The van der Waals surface area contributed by atoms with Gasteiger partial charge in [0.2, 0.25) is 0 Å². The molecule has 1 aliphatic carbocycles. The SMILES string of the molecule is CCC1CN(c2c(F)cc3c(=O)n(N)c(=O)n(C4CC4)c3c2C)CC1C. The van der Waals surface area contributed by atoms with E-state index in [1.54, 1.807) is 4.57 Å². The third-order valence-corrected chi connectivity index (χ3v) is 6.09. The monoisotopic (exact) mass is 360 g/mol. The molecule has 1 aliphatic heterocycles. The molecular formula is C19H25FN4O2. The summed E-state index contributed by atoms with van der Waals surface area (Å²) >= 11 is 0. The third-order valence-electron chi connectivity index (χ3n) is 6.09. The number of hydrogen-bond acceptors (Lipinski definition) is 4. The average Bonchev–Trinajstić information content (AvgIpc) is 3.37. The van der Waals surface area contributed by atoms with E-state index in [1.165, 1.54) is 6.07 Å². The summed E-state index contributed by atoms with van der Waals surface area (Å²) in [5.74, 6) is 6.25. The first kappa shape index (κ1) is 17.1. The standard InChI is InChI=1S/C19H25FN4O2/c1-4-12-9-22(8-10(12)2)17-11(3)16-14(7-15(17)20)18(25)24(21)19(26)23(16)13-5-6-13/h7,10,12-13H,4-6,8-9,21H2,1-3H3. The number of nitrogens with zero attached hydrogens (tertiary/aromatic N) is 3. The van der Waals surface area contributed by atoms with Gasteiger partial charge >= 0.3 is 5.69 Å². The summed E-state index contributed by atoms with van der Waals surface area (Å²) < 4.78 is 17.2. The van der Waals surface area contributed by atoms with Crippen molar-refractivity contribution in [2.24, 2.45) is 11.8 Å². The minimum atomic E-state index is -0.642. The summed E-state index contributed by atoms with van der Waals surface area (Å²) in [6, 6.07) is 1.30. The average molecular weight is 360 g/mol. The van der Waals surface area contributed by atoms with E-state index < -0.39 is 17.1 Å². The fraction of sp³-hybridized carbons (Fsp3) is 0.579. The van der Waals surface area contributed by atoms with E-state index in [4.69, 9.17) is 5.84 Å². The number of benzene rings is 1. The number of halogens is 1. The van der Waals surface area contributed by atoms with Crippen molar-refractivity contribution >= 4 is 16.6 Å². The Labute approximate surface area is 151 Å². The fourth-order valence-corrected chi connectivity index (χ4v) is 4.47. The summed E-state index contributed by atoms with van der Waals surface area (Å²) in [4.78, 5) is 27.1. The Morgan fingerprint density at radius 2 is 1.96 bits per heavy atom. The van der Waals surface area contributed by atoms with Gasteiger partial charge in [0.25, 0.3) is 5.56 Å². The van der Waals surface area contributed by atoms with Crippen LogP contribution in [-0.2, 0) is 0 Å². The minimum absolute atomic E-state index is 0.0401. The third kappa shape index (κ3) is 2.36. The second-order valence-electron chi connectivity index (χ2n) is 7.84. The van der Waals surface area contributed by atoms with Gasteiger partial charge < -0.3 is 10.7 Å². The van der Waals surface area contributed by atoms with Crippen LogP contribution in [0.3, 0.4) is 0 Å². The first-order valence-corrected chi connectivity index (χ1v) is 9.35. The van der Waals surface area contributed by atoms with Crippen LogP contribution in [0.15, 0.2) is 15.7 Å². The lowest BCUT2D eigenvalue weighted by atomic mass is 9.96. The molecule has 1 saturated heterocycles. The zero-order chi connectivity index (χ0) is 18.7. The van der Waals surface area contributed by atoms with Gasteiger partial charge in [-0.2, -0.15) is 4.68 Å². The highest BCUT2D eigenvalue weighted by Crippen LogP contribution is 2.40. The number of aromatic nitrogens is 2. The van der Waals surface area contributed by atoms with Gasteiger partial charge in [-0.3, -0.25) is 9.36 Å². The van der Waals surface area contributed by atoms with Crippen molar-refractivity contribution in [3.8, 4) is 0 Å². The summed E-state index contributed by atoms with van der Waals surface area (Å²) in [5, 5.41) is 0.178. The molecule has 1 aromatic heterocycles. The number of rotatable bonds is 3. The number of nitrogen functional groups attached to an aromatic ring is 1. The van der Waals surface area contributed by atoms with Crippen molar-refractivity contribution in [1.29, 1.82) is 0 Å². The minimum Gasteiger partial charge on any atom is -0.368 e. The summed E-state index contributed by atoms with van der Waals surface area (Å²) in [6.45, 7) is 7.73. The maximum absolute atomic E-state index is 15.0. The molecular weight excluding hydrogens is 335 g/mol. The predicted molar refractivity (Wildman–Crippen MR) is 101 cm³/mol. The van der Waals surface area contributed by atoms with Crippen LogP contribution in [0.2, 0.25) is 0 Å². The molecule has 7 heteroatoms. The normalized spacial score (nSPS) is 23.2. The molecule has 2 heterocycles. The van der Waals surface area contributed by atoms with E-state index in [0.29, 0.717) is 33.3 Å². The molecule has 1 saturated carbocycles. The smallest absolute Gasteiger partial charge is 0.350 e. The maximum atomic E-state index is 15.0. The highest BCUT2D eigenvalue weighted by molar-refractivity contribution is 5.87. The molecule has 0 bridgehead atoms. The van der Waals surface area contributed by atoms with Gasteiger partial charge in [0.1, 0.15) is 5.82 Å². The van der Waals surface area contributed by atoms with Crippen molar-refractivity contribution in [3.63, 3.8) is 0 Å². The predicted octanol–water partition coefficient (Wildman–Crippen LogP) is 2.14. The largest absolute Gasteiger partial charge is 0.368 e.